The van der Waals surface area contributed by atoms with Gasteiger partial charge in [0, 0.05) is 10.5 Å². The smallest absolute Gasteiger partial charge is 0.0247 e. The Hall–Kier alpha value is 0.180. The minimum Gasteiger partial charge on any atom is -0.127 e. The highest BCUT2D eigenvalue weighted by molar-refractivity contribution is 8.04. The van der Waals surface area contributed by atoms with Crippen molar-refractivity contribution in [2.75, 3.05) is 0 Å². The molecule has 56 valence electrons. The van der Waals surface area contributed by atoms with Gasteiger partial charge in [-0.2, -0.15) is 0 Å². The Labute approximate surface area is 71.2 Å². The summed E-state index contributed by atoms with van der Waals surface area (Å²) in [6, 6.07) is 0. The van der Waals surface area contributed by atoms with Gasteiger partial charge in [-0.25, -0.2) is 0 Å². The molecular weight excluding hydrogens is 160 g/mol. The summed E-state index contributed by atoms with van der Waals surface area (Å²) < 4.78 is 0. The molecule has 2 heteroatoms. The lowest BCUT2D eigenvalue weighted by Crippen LogP contribution is -1.92. The Morgan fingerprint density at radius 1 is 0.900 bits per heavy atom. The number of hydrogen-bond acceptors (Lipinski definition) is 2. The normalized spacial score (nSPS) is 39.8. The van der Waals surface area contributed by atoms with Crippen LogP contribution in [0.4, 0.5) is 0 Å². The first-order chi connectivity index (χ1) is 4.79. The average molecular weight is 172 g/mol. The molecule has 1 rings (SSSR count). The van der Waals surface area contributed by atoms with E-state index in [-0.39, 0.29) is 0 Å². The summed E-state index contributed by atoms with van der Waals surface area (Å²) in [6.07, 6.45) is 4.49. The molecule has 0 amide bonds. The first kappa shape index (κ1) is 8.28. The Bertz CT molecular complexity index is 131. The van der Waals surface area contributed by atoms with E-state index in [0.29, 0.717) is 10.5 Å². The highest BCUT2D eigenvalue weighted by Gasteiger charge is 1.99. The van der Waals surface area contributed by atoms with Crippen molar-refractivity contribution in [3.63, 3.8) is 0 Å². The van der Waals surface area contributed by atoms with Crippen LogP contribution in [0.15, 0.2) is 23.0 Å². The lowest BCUT2D eigenvalue weighted by Gasteiger charge is -2.07. The summed E-state index contributed by atoms with van der Waals surface area (Å²) in [5.74, 6) is 0. The monoisotopic (exact) mass is 172 g/mol. The zero-order valence-corrected chi connectivity index (χ0v) is 7.91. The maximum atomic E-state index is 2.25. The van der Waals surface area contributed by atoms with Gasteiger partial charge in [0.25, 0.3) is 0 Å². The fraction of sp³-hybridized carbons (Fsp3) is 0.500. The van der Waals surface area contributed by atoms with Crippen molar-refractivity contribution in [2.45, 2.75) is 24.3 Å². The molecule has 1 heterocycles. The van der Waals surface area contributed by atoms with Gasteiger partial charge in [-0.15, -0.1) is 23.5 Å². The molecule has 0 saturated carbocycles. The summed E-state index contributed by atoms with van der Waals surface area (Å²) >= 11 is 3.75. The second-order valence-electron chi connectivity index (χ2n) is 2.34. The molecule has 0 aromatic heterocycles. The maximum absolute atomic E-state index is 2.25. The van der Waals surface area contributed by atoms with Crippen LogP contribution >= 0.6 is 23.5 Å². The molecule has 0 bridgehead atoms. The van der Waals surface area contributed by atoms with E-state index in [1.54, 1.807) is 0 Å². The van der Waals surface area contributed by atoms with Gasteiger partial charge in [0.15, 0.2) is 0 Å². The molecule has 0 N–H and O–H groups in total. The molecular formula is C8H12S2. The van der Waals surface area contributed by atoms with Gasteiger partial charge in [0.2, 0.25) is 0 Å². The largest absolute Gasteiger partial charge is 0.127 e. The SMILES string of the molecule is CC1/C=C\SC(C)/C=C\S1. The van der Waals surface area contributed by atoms with Crippen LogP contribution < -0.4 is 0 Å². The van der Waals surface area contributed by atoms with Crippen molar-refractivity contribution in [1.29, 1.82) is 0 Å². The van der Waals surface area contributed by atoms with E-state index in [1.165, 1.54) is 0 Å². The van der Waals surface area contributed by atoms with Gasteiger partial charge in [-0.3, -0.25) is 0 Å². The predicted octanol–water partition coefficient (Wildman–Crippen LogP) is 3.27. The van der Waals surface area contributed by atoms with E-state index in [4.69, 9.17) is 0 Å². The zero-order valence-electron chi connectivity index (χ0n) is 6.28. The van der Waals surface area contributed by atoms with Crippen molar-refractivity contribution in [3.05, 3.63) is 23.0 Å². The van der Waals surface area contributed by atoms with Gasteiger partial charge >= 0.3 is 0 Å². The fourth-order valence-corrected chi connectivity index (χ4v) is 2.34. The third-order valence-electron chi connectivity index (χ3n) is 1.29. The van der Waals surface area contributed by atoms with Crippen molar-refractivity contribution < 1.29 is 0 Å². The third-order valence-corrected chi connectivity index (χ3v) is 3.09. The summed E-state index contributed by atoms with van der Waals surface area (Å²) in [7, 11) is 0. The number of rotatable bonds is 0. The fourth-order valence-electron chi connectivity index (χ4n) is 0.651. The second-order valence-corrected chi connectivity index (χ2v) is 4.92. The van der Waals surface area contributed by atoms with Crippen LogP contribution in [0.3, 0.4) is 0 Å². The molecule has 0 saturated heterocycles. The van der Waals surface area contributed by atoms with Crippen molar-refractivity contribution in [3.8, 4) is 0 Å². The summed E-state index contributed by atoms with van der Waals surface area (Å²) in [5, 5.41) is 5.67. The Kier molecular flexibility index (Phi) is 3.43. The van der Waals surface area contributed by atoms with Crippen LogP contribution in [0.5, 0.6) is 0 Å². The van der Waals surface area contributed by atoms with Crippen LogP contribution in [0, 0.1) is 0 Å². The molecule has 0 aromatic carbocycles. The zero-order chi connectivity index (χ0) is 7.40. The summed E-state index contributed by atoms with van der Waals surface area (Å²) in [4.78, 5) is 0. The Morgan fingerprint density at radius 2 is 1.30 bits per heavy atom. The highest BCUT2D eigenvalue weighted by Crippen LogP contribution is 2.22. The Morgan fingerprint density at radius 3 is 1.70 bits per heavy atom. The molecule has 0 fully saturated rings. The van der Waals surface area contributed by atoms with Gasteiger partial charge in [-0.05, 0) is 24.7 Å². The van der Waals surface area contributed by atoms with Crippen molar-refractivity contribution in [2.24, 2.45) is 0 Å². The molecule has 1 aliphatic rings. The minimum atomic E-state index is 0.635. The number of thioether (sulfide) groups is 2. The molecule has 0 aromatic rings. The third kappa shape index (κ3) is 2.84. The van der Waals surface area contributed by atoms with Crippen LogP contribution in [0.2, 0.25) is 0 Å². The molecule has 10 heavy (non-hydrogen) atoms. The molecule has 2 atom stereocenters. The second kappa shape index (κ2) is 4.14. The first-order valence-electron chi connectivity index (χ1n) is 3.43. The average Bonchev–Trinajstić information content (AvgIpc) is 1.84. The minimum absolute atomic E-state index is 0.635. The maximum Gasteiger partial charge on any atom is 0.0247 e. The van der Waals surface area contributed by atoms with E-state index in [9.17, 15) is 0 Å². The molecule has 0 spiro atoms. The quantitative estimate of drug-likeness (QED) is 0.550. The lowest BCUT2D eigenvalue weighted by atomic mass is 10.5. The number of hydrogen-bond donors (Lipinski definition) is 0. The van der Waals surface area contributed by atoms with E-state index in [1.807, 2.05) is 23.5 Å². The summed E-state index contributed by atoms with van der Waals surface area (Å²) in [5.41, 5.74) is 0. The van der Waals surface area contributed by atoms with Gasteiger partial charge in [0.05, 0.1) is 0 Å². The predicted molar refractivity (Wildman–Crippen MR) is 52.4 cm³/mol. The van der Waals surface area contributed by atoms with Crippen LogP contribution in [0.1, 0.15) is 13.8 Å². The van der Waals surface area contributed by atoms with E-state index < -0.39 is 0 Å². The topological polar surface area (TPSA) is 0 Å². The van der Waals surface area contributed by atoms with Crippen LogP contribution in [-0.4, -0.2) is 10.5 Å². The molecule has 0 nitrogen and oxygen atoms in total. The Balaban J connectivity index is 2.48. The first-order valence-corrected chi connectivity index (χ1v) is 5.32. The standard InChI is InChI=1S/C8H12S2/c1-7-3-5-10-8(2)4-6-9-7/h3-8H,1-2H3/b5-3-,6-4-. The summed E-state index contributed by atoms with van der Waals surface area (Å²) in [6.45, 7) is 4.42. The van der Waals surface area contributed by atoms with Crippen molar-refractivity contribution >= 4 is 23.5 Å². The lowest BCUT2D eigenvalue weighted by molar-refractivity contribution is 1.23. The van der Waals surface area contributed by atoms with E-state index in [0.717, 1.165) is 0 Å². The van der Waals surface area contributed by atoms with Gasteiger partial charge in [-0.1, -0.05) is 12.2 Å². The highest BCUT2D eigenvalue weighted by atomic mass is 32.2. The molecule has 0 aliphatic carbocycles. The van der Waals surface area contributed by atoms with Crippen molar-refractivity contribution in [1.82, 2.24) is 0 Å². The molecule has 1 aliphatic heterocycles. The molecule has 2 unspecified atom stereocenters. The van der Waals surface area contributed by atoms with Gasteiger partial charge < -0.3 is 0 Å². The van der Waals surface area contributed by atoms with E-state index in [2.05, 4.69) is 36.8 Å². The van der Waals surface area contributed by atoms with Gasteiger partial charge in [0.1, 0.15) is 0 Å². The van der Waals surface area contributed by atoms with Crippen LogP contribution in [-0.2, 0) is 0 Å². The molecule has 0 radical (unpaired) electrons. The van der Waals surface area contributed by atoms with E-state index >= 15 is 0 Å². The van der Waals surface area contributed by atoms with Crippen LogP contribution in [0.25, 0.3) is 0 Å².